The molecule has 0 radical (unpaired) electrons. The van der Waals surface area contributed by atoms with E-state index >= 15 is 0 Å². The Morgan fingerprint density at radius 1 is 1.27 bits per heavy atom. The highest BCUT2D eigenvalue weighted by molar-refractivity contribution is 6.66. The van der Waals surface area contributed by atoms with E-state index in [1.807, 2.05) is 0 Å². The third kappa shape index (κ3) is 2.19. The second kappa shape index (κ2) is 3.22. The van der Waals surface area contributed by atoms with Crippen molar-refractivity contribution in [3.8, 4) is 0 Å². The molecule has 0 aromatic rings. The third-order valence-corrected chi connectivity index (χ3v) is 1.90. The van der Waals surface area contributed by atoms with Gasteiger partial charge in [-0.05, 0) is 25.4 Å². The molecule has 0 saturated carbocycles. The Bertz CT molecular complexity index is 187. The van der Waals surface area contributed by atoms with Gasteiger partial charge in [-0.2, -0.15) is 0 Å². The normalized spacial score (nSPS) is 11.0. The first-order valence-electron chi connectivity index (χ1n) is 3.22. The third-order valence-electron chi connectivity index (χ3n) is 1.43. The van der Waals surface area contributed by atoms with Gasteiger partial charge in [0.25, 0.3) is 0 Å². The van der Waals surface area contributed by atoms with E-state index in [4.69, 9.17) is 11.6 Å². The number of rotatable bonds is 2. The lowest BCUT2D eigenvalue weighted by molar-refractivity contribution is -0.142. The summed E-state index contributed by atoms with van der Waals surface area (Å²) < 4.78 is 0. The summed E-state index contributed by atoms with van der Waals surface area (Å²) in [5.41, 5.74) is -1.11. The fourth-order valence-electron chi connectivity index (χ4n) is 0.643. The summed E-state index contributed by atoms with van der Waals surface area (Å²) in [5, 5.41) is -0.629. The highest BCUT2D eigenvalue weighted by atomic mass is 35.5. The summed E-state index contributed by atoms with van der Waals surface area (Å²) in [6.07, 6.45) is 0. The summed E-state index contributed by atoms with van der Waals surface area (Å²) in [6.45, 7) is 3.01. The van der Waals surface area contributed by atoms with Gasteiger partial charge in [-0.15, -0.1) is 0 Å². The van der Waals surface area contributed by atoms with Gasteiger partial charge in [0.15, 0.2) is 0 Å². The van der Waals surface area contributed by atoms with Gasteiger partial charge in [0.1, 0.15) is 5.41 Å². The Morgan fingerprint density at radius 3 is 1.73 bits per heavy atom. The number of carbonyl (C=O) groups is 2. The first-order valence-corrected chi connectivity index (χ1v) is 3.59. The highest BCUT2D eigenvalue weighted by Crippen LogP contribution is 2.20. The lowest BCUT2D eigenvalue weighted by atomic mass is 9.94. The molecule has 0 atom stereocenters. The zero-order valence-corrected chi connectivity index (χ0v) is 7.90. The summed E-state index contributed by atoms with van der Waals surface area (Å²) in [7, 11) is 3.17. The zero-order valence-electron chi connectivity index (χ0n) is 7.14. The van der Waals surface area contributed by atoms with Crippen molar-refractivity contribution in [2.24, 2.45) is 5.41 Å². The van der Waals surface area contributed by atoms with E-state index in [9.17, 15) is 9.59 Å². The summed E-state index contributed by atoms with van der Waals surface area (Å²) in [6, 6.07) is 0. The summed E-state index contributed by atoms with van der Waals surface area (Å²) >= 11 is 5.22. The van der Waals surface area contributed by atoms with Crippen LogP contribution >= 0.6 is 11.6 Å². The molecule has 0 bridgehead atoms. The van der Waals surface area contributed by atoms with Gasteiger partial charge >= 0.3 is 0 Å². The van der Waals surface area contributed by atoms with E-state index in [-0.39, 0.29) is 5.91 Å². The SMILES string of the molecule is CN(C)C(=O)C(C)(C)C(=O)Cl. The average molecular weight is 178 g/mol. The molecule has 64 valence electrons. The quantitative estimate of drug-likeness (QED) is 0.464. The van der Waals surface area contributed by atoms with Crippen molar-refractivity contribution in [2.45, 2.75) is 13.8 Å². The summed E-state index contributed by atoms with van der Waals surface area (Å²) in [5.74, 6) is -0.280. The second-order valence-electron chi connectivity index (χ2n) is 3.10. The standard InChI is InChI=1S/C7H12ClNO2/c1-7(2,5(8)10)6(11)9(3)4/h1-4H3. The molecule has 0 aliphatic heterocycles. The highest BCUT2D eigenvalue weighted by Gasteiger charge is 2.35. The van der Waals surface area contributed by atoms with Crippen molar-refractivity contribution < 1.29 is 9.59 Å². The molecule has 11 heavy (non-hydrogen) atoms. The molecule has 0 N–H and O–H groups in total. The molecule has 0 saturated heterocycles. The van der Waals surface area contributed by atoms with E-state index < -0.39 is 10.7 Å². The number of hydrogen-bond donors (Lipinski definition) is 0. The van der Waals surface area contributed by atoms with Crippen LogP contribution in [0.25, 0.3) is 0 Å². The molecule has 0 aliphatic rings. The first-order chi connectivity index (χ1) is 4.80. The minimum absolute atomic E-state index is 0.280. The van der Waals surface area contributed by atoms with E-state index in [0.717, 1.165) is 0 Å². The first kappa shape index (κ1) is 10.4. The fourth-order valence-corrected chi connectivity index (χ4v) is 0.724. The zero-order chi connectivity index (χ0) is 9.23. The van der Waals surface area contributed by atoms with Crippen LogP contribution in [0.15, 0.2) is 0 Å². The van der Waals surface area contributed by atoms with Crippen molar-refractivity contribution in [1.29, 1.82) is 0 Å². The average Bonchev–Trinajstić information content (AvgIpc) is 1.85. The van der Waals surface area contributed by atoms with Crippen LogP contribution in [0.1, 0.15) is 13.8 Å². The van der Waals surface area contributed by atoms with Gasteiger partial charge in [0.2, 0.25) is 11.1 Å². The van der Waals surface area contributed by atoms with E-state index in [0.29, 0.717) is 0 Å². The minimum atomic E-state index is -1.11. The van der Waals surface area contributed by atoms with Crippen molar-refractivity contribution in [2.75, 3.05) is 14.1 Å². The Hall–Kier alpha value is -0.570. The molecule has 0 aromatic heterocycles. The van der Waals surface area contributed by atoms with Crippen LogP contribution in [0.2, 0.25) is 0 Å². The van der Waals surface area contributed by atoms with Gasteiger partial charge in [-0.1, -0.05) is 0 Å². The second-order valence-corrected chi connectivity index (χ2v) is 3.44. The smallest absolute Gasteiger partial charge is 0.236 e. The van der Waals surface area contributed by atoms with Gasteiger partial charge in [-0.3, -0.25) is 9.59 Å². The lowest BCUT2D eigenvalue weighted by Gasteiger charge is -2.22. The van der Waals surface area contributed by atoms with Crippen molar-refractivity contribution >= 4 is 22.8 Å². The maximum absolute atomic E-state index is 11.2. The molecular formula is C7H12ClNO2. The van der Waals surface area contributed by atoms with Crippen LogP contribution in [0.4, 0.5) is 0 Å². The maximum Gasteiger partial charge on any atom is 0.236 e. The van der Waals surface area contributed by atoms with Crippen LogP contribution in [0.3, 0.4) is 0 Å². The van der Waals surface area contributed by atoms with Crippen LogP contribution in [0, 0.1) is 5.41 Å². The van der Waals surface area contributed by atoms with Crippen LogP contribution < -0.4 is 0 Å². The van der Waals surface area contributed by atoms with E-state index in [1.165, 1.54) is 18.7 Å². The number of halogens is 1. The molecule has 3 nitrogen and oxygen atoms in total. The fraction of sp³-hybridized carbons (Fsp3) is 0.714. The van der Waals surface area contributed by atoms with Crippen LogP contribution in [-0.4, -0.2) is 30.1 Å². The van der Waals surface area contributed by atoms with Gasteiger partial charge < -0.3 is 4.90 Å². The van der Waals surface area contributed by atoms with Crippen LogP contribution in [-0.2, 0) is 9.59 Å². The van der Waals surface area contributed by atoms with Gasteiger partial charge in [0, 0.05) is 14.1 Å². The minimum Gasteiger partial charge on any atom is -0.348 e. The van der Waals surface area contributed by atoms with Crippen molar-refractivity contribution in [3.63, 3.8) is 0 Å². The van der Waals surface area contributed by atoms with Crippen molar-refractivity contribution in [3.05, 3.63) is 0 Å². The molecule has 4 heteroatoms. The topological polar surface area (TPSA) is 37.4 Å². The molecule has 1 amide bonds. The van der Waals surface area contributed by atoms with Gasteiger partial charge in [0.05, 0.1) is 0 Å². The van der Waals surface area contributed by atoms with E-state index in [2.05, 4.69) is 0 Å². The molecule has 0 unspecified atom stereocenters. The van der Waals surface area contributed by atoms with Gasteiger partial charge in [-0.25, -0.2) is 0 Å². The number of carbonyl (C=O) groups excluding carboxylic acids is 2. The Morgan fingerprint density at radius 2 is 1.64 bits per heavy atom. The molecule has 0 aliphatic carbocycles. The summed E-state index contributed by atoms with van der Waals surface area (Å²) in [4.78, 5) is 23.3. The number of nitrogens with zero attached hydrogens (tertiary/aromatic N) is 1. The maximum atomic E-state index is 11.2. The largest absolute Gasteiger partial charge is 0.348 e. The molecule has 0 rings (SSSR count). The van der Waals surface area contributed by atoms with Crippen LogP contribution in [0.5, 0.6) is 0 Å². The predicted octanol–water partition coefficient (Wildman–Crippen LogP) is 0.866. The monoisotopic (exact) mass is 177 g/mol. The number of amides is 1. The molecule has 0 heterocycles. The molecule has 0 fully saturated rings. The van der Waals surface area contributed by atoms with Crippen molar-refractivity contribution in [1.82, 2.24) is 4.90 Å². The Labute approximate surface area is 71.3 Å². The number of hydrogen-bond acceptors (Lipinski definition) is 2. The molecule has 0 spiro atoms. The Balaban J connectivity index is 4.56. The Kier molecular flexibility index (Phi) is 3.05. The lowest BCUT2D eigenvalue weighted by Crippen LogP contribution is -2.39. The molecule has 0 aromatic carbocycles. The molecular weight excluding hydrogens is 166 g/mol. The van der Waals surface area contributed by atoms with E-state index in [1.54, 1.807) is 14.1 Å². The predicted molar refractivity (Wildman–Crippen MR) is 43.3 cm³/mol.